The van der Waals surface area contributed by atoms with E-state index >= 15 is 0 Å². The van der Waals surface area contributed by atoms with Crippen molar-refractivity contribution in [3.05, 3.63) is 48.6 Å². The molecule has 0 saturated carbocycles. The first-order chi connectivity index (χ1) is 31.0. The number of rotatable bonds is 49. The molecule has 6 heteroatoms. The lowest BCUT2D eigenvalue weighted by Gasteiger charge is -2.18. The van der Waals surface area contributed by atoms with Crippen molar-refractivity contribution < 1.29 is 28.6 Å². The molecule has 0 aromatic rings. The highest BCUT2D eigenvalue weighted by Gasteiger charge is 2.19. The molecule has 0 unspecified atom stereocenters. The van der Waals surface area contributed by atoms with Crippen LogP contribution in [0.15, 0.2) is 48.6 Å². The Labute approximate surface area is 390 Å². The molecule has 0 aromatic heterocycles. The van der Waals surface area contributed by atoms with E-state index in [1.165, 1.54) is 167 Å². The maximum atomic E-state index is 12.8. The van der Waals surface area contributed by atoms with Gasteiger partial charge in [0.25, 0.3) is 0 Å². The average Bonchev–Trinajstić information content (AvgIpc) is 3.28. The molecule has 366 valence electrons. The lowest BCUT2D eigenvalue weighted by atomic mass is 10.0. The summed E-state index contributed by atoms with van der Waals surface area (Å²) in [5.74, 6) is -0.932. The van der Waals surface area contributed by atoms with Gasteiger partial charge >= 0.3 is 17.9 Å². The van der Waals surface area contributed by atoms with Crippen LogP contribution in [-0.4, -0.2) is 37.2 Å². The second-order valence-corrected chi connectivity index (χ2v) is 18.2. The molecule has 0 aliphatic carbocycles. The van der Waals surface area contributed by atoms with E-state index in [0.29, 0.717) is 19.3 Å². The first kappa shape index (κ1) is 60.4. The summed E-state index contributed by atoms with van der Waals surface area (Å²) in [6.07, 6.45) is 62.4. The van der Waals surface area contributed by atoms with Crippen LogP contribution in [0.25, 0.3) is 0 Å². The van der Waals surface area contributed by atoms with Crippen molar-refractivity contribution in [1.29, 1.82) is 0 Å². The Hall–Kier alpha value is -2.63. The van der Waals surface area contributed by atoms with Gasteiger partial charge in [0.15, 0.2) is 6.10 Å². The molecular weight excluding hydrogens is 781 g/mol. The number of hydrogen-bond donors (Lipinski definition) is 0. The Morgan fingerprint density at radius 2 is 0.587 bits per heavy atom. The third kappa shape index (κ3) is 50.2. The molecule has 0 radical (unpaired) electrons. The Bertz CT molecular complexity index is 1110. The fraction of sp³-hybridized carbons (Fsp3) is 0.807. The molecule has 0 aliphatic rings. The number of hydrogen-bond acceptors (Lipinski definition) is 6. The van der Waals surface area contributed by atoms with E-state index < -0.39 is 6.10 Å². The minimum absolute atomic E-state index is 0.0859. The summed E-state index contributed by atoms with van der Waals surface area (Å²) in [6, 6.07) is 0. The van der Waals surface area contributed by atoms with Gasteiger partial charge in [-0.3, -0.25) is 14.4 Å². The van der Waals surface area contributed by atoms with Crippen molar-refractivity contribution in [3.63, 3.8) is 0 Å². The minimum Gasteiger partial charge on any atom is -0.462 e. The van der Waals surface area contributed by atoms with Gasteiger partial charge in [-0.15, -0.1) is 0 Å². The highest BCUT2D eigenvalue weighted by molar-refractivity contribution is 5.71. The van der Waals surface area contributed by atoms with Crippen molar-refractivity contribution in [2.45, 2.75) is 284 Å². The second-order valence-electron chi connectivity index (χ2n) is 18.2. The van der Waals surface area contributed by atoms with Gasteiger partial charge in [-0.25, -0.2) is 0 Å². The summed E-state index contributed by atoms with van der Waals surface area (Å²) in [5.41, 5.74) is 0. The normalized spacial score (nSPS) is 12.4. The zero-order chi connectivity index (χ0) is 45.8. The third-order valence-corrected chi connectivity index (χ3v) is 11.8. The summed E-state index contributed by atoms with van der Waals surface area (Å²) in [7, 11) is 0. The van der Waals surface area contributed by atoms with Crippen molar-refractivity contribution in [1.82, 2.24) is 0 Å². The number of unbranched alkanes of at least 4 members (excludes halogenated alkanes) is 30. The number of carbonyl (C=O) groups is 3. The summed E-state index contributed by atoms with van der Waals surface area (Å²) in [4.78, 5) is 38.0. The lowest BCUT2D eigenvalue weighted by molar-refractivity contribution is -0.167. The Morgan fingerprint density at radius 3 is 0.952 bits per heavy atom. The van der Waals surface area contributed by atoms with Crippen molar-refractivity contribution in [3.8, 4) is 0 Å². The van der Waals surface area contributed by atoms with Crippen LogP contribution in [0.4, 0.5) is 0 Å². The van der Waals surface area contributed by atoms with Gasteiger partial charge in [0.1, 0.15) is 13.2 Å². The molecule has 0 spiro atoms. The maximum absolute atomic E-state index is 12.8. The van der Waals surface area contributed by atoms with Crippen molar-refractivity contribution in [2.75, 3.05) is 13.2 Å². The van der Waals surface area contributed by atoms with Crippen LogP contribution >= 0.6 is 0 Å². The lowest BCUT2D eigenvalue weighted by Crippen LogP contribution is -2.30. The predicted molar refractivity (Wildman–Crippen MR) is 270 cm³/mol. The fourth-order valence-corrected chi connectivity index (χ4v) is 7.73. The fourth-order valence-electron chi connectivity index (χ4n) is 7.73. The van der Waals surface area contributed by atoms with E-state index in [9.17, 15) is 14.4 Å². The molecule has 0 N–H and O–H groups in total. The van der Waals surface area contributed by atoms with Gasteiger partial charge in [0.2, 0.25) is 0 Å². The van der Waals surface area contributed by atoms with Crippen LogP contribution in [0.5, 0.6) is 0 Å². The van der Waals surface area contributed by atoms with E-state index in [1.807, 2.05) is 0 Å². The Morgan fingerprint density at radius 1 is 0.317 bits per heavy atom. The monoisotopic (exact) mass is 883 g/mol. The number of ether oxygens (including phenoxy) is 3. The van der Waals surface area contributed by atoms with E-state index in [2.05, 4.69) is 69.4 Å². The molecular formula is C57H102O6. The zero-order valence-electron chi connectivity index (χ0n) is 41.8. The van der Waals surface area contributed by atoms with Crippen LogP contribution < -0.4 is 0 Å². The van der Waals surface area contributed by atoms with Crippen LogP contribution in [0.3, 0.4) is 0 Å². The predicted octanol–water partition coefficient (Wildman–Crippen LogP) is 17.9. The molecule has 63 heavy (non-hydrogen) atoms. The zero-order valence-corrected chi connectivity index (χ0v) is 41.8. The summed E-state index contributed by atoms with van der Waals surface area (Å²) in [6.45, 7) is 6.59. The summed E-state index contributed by atoms with van der Waals surface area (Å²) >= 11 is 0. The number of carbonyl (C=O) groups excluding carboxylic acids is 3. The molecule has 1 atom stereocenters. The Balaban J connectivity index is 4.42. The number of esters is 3. The van der Waals surface area contributed by atoms with Gasteiger partial charge in [-0.05, 0) is 57.8 Å². The summed E-state index contributed by atoms with van der Waals surface area (Å²) in [5, 5.41) is 0. The molecule has 0 heterocycles. The molecule has 0 amide bonds. The standard InChI is InChI=1S/C57H102O6/c1-4-7-10-13-16-19-22-25-27-28-30-33-35-38-41-44-47-50-56(59)62-53-54(63-57(60)51-48-45-42-39-36-31-24-21-18-15-12-9-6-3)52-61-55(58)49-46-43-40-37-34-32-29-26-23-20-17-14-11-8-5-2/h16,19,25,27,30,33,38,41,54H,4-15,17-18,20-24,26,28-29,31-32,34-37,39-40,42-53H2,1-3H3/b19-16-,27-25-,33-30-,41-38-/t54-/m0/s1. The van der Waals surface area contributed by atoms with Gasteiger partial charge in [-0.2, -0.15) is 0 Å². The maximum Gasteiger partial charge on any atom is 0.306 e. The van der Waals surface area contributed by atoms with Gasteiger partial charge in [0.05, 0.1) is 0 Å². The highest BCUT2D eigenvalue weighted by atomic mass is 16.6. The van der Waals surface area contributed by atoms with Crippen molar-refractivity contribution in [2.24, 2.45) is 0 Å². The quantitative estimate of drug-likeness (QED) is 0.0262. The largest absolute Gasteiger partial charge is 0.462 e. The first-order valence-corrected chi connectivity index (χ1v) is 27.1. The second kappa shape index (κ2) is 52.0. The van der Waals surface area contributed by atoms with Gasteiger partial charge < -0.3 is 14.2 Å². The molecule has 0 aromatic carbocycles. The Kier molecular flexibility index (Phi) is 49.8. The van der Waals surface area contributed by atoms with Crippen LogP contribution in [0.1, 0.15) is 278 Å². The van der Waals surface area contributed by atoms with Crippen molar-refractivity contribution >= 4 is 17.9 Å². The minimum atomic E-state index is -0.790. The molecule has 0 rings (SSSR count). The molecule has 0 saturated heterocycles. The SMILES string of the molecule is CCCCC/C=C\C/C=C\C/C=C\C/C=C\CCCC(=O)OC[C@H](COC(=O)CCCCCCCCCCCCCCCCC)OC(=O)CCCCCCCCCCCCCCC. The first-order valence-electron chi connectivity index (χ1n) is 27.1. The smallest absolute Gasteiger partial charge is 0.306 e. The van der Waals surface area contributed by atoms with Crippen LogP contribution in [0.2, 0.25) is 0 Å². The van der Waals surface area contributed by atoms with Crippen LogP contribution in [-0.2, 0) is 28.6 Å². The molecule has 0 bridgehead atoms. The van der Waals surface area contributed by atoms with E-state index in [-0.39, 0.29) is 37.5 Å². The van der Waals surface area contributed by atoms with E-state index in [1.54, 1.807) is 0 Å². The van der Waals surface area contributed by atoms with E-state index in [0.717, 1.165) is 64.2 Å². The van der Waals surface area contributed by atoms with Crippen LogP contribution in [0, 0.1) is 0 Å². The average molecular weight is 883 g/mol. The summed E-state index contributed by atoms with van der Waals surface area (Å²) < 4.78 is 16.8. The van der Waals surface area contributed by atoms with Gasteiger partial charge in [-0.1, -0.05) is 249 Å². The third-order valence-electron chi connectivity index (χ3n) is 11.8. The number of allylic oxidation sites excluding steroid dienone is 8. The molecule has 6 nitrogen and oxygen atoms in total. The molecule has 0 fully saturated rings. The topological polar surface area (TPSA) is 78.9 Å². The molecule has 0 aliphatic heterocycles. The van der Waals surface area contributed by atoms with Gasteiger partial charge in [0, 0.05) is 19.3 Å². The highest BCUT2D eigenvalue weighted by Crippen LogP contribution is 2.16. The van der Waals surface area contributed by atoms with E-state index in [4.69, 9.17) is 14.2 Å².